The number of thiazole rings is 1. The van der Waals surface area contributed by atoms with E-state index in [9.17, 15) is 14.9 Å². The first-order valence-electron chi connectivity index (χ1n) is 8.78. The lowest BCUT2D eigenvalue weighted by Crippen LogP contribution is -2.14. The Morgan fingerprint density at radius 1 is 1.24 bits per heavy atom. The van der Waals surface area contributed by atoms with Crippen molar-refractivity contribution in [3.8, 4) is 11.5 Å². The highest BCUT2D eigenvalue weighted by molar-refractivity contribution is 7.07. The van der Waals surface area contributed by atoms with E-state index in [1.807, 2.05) is 24.4 Å². The molecule has 0 spiro atoms. The molecule has 150 valence electrons. The third kappa shape index (κ3) is 4.88. The summed E-state index contributed by atoms with van der Waals surface area (Å²) in [6.07, 6.45) is 0.874. The maximum atomic E-state index is 12.7. The van der Waals surface area contributed by atoms with Crippen molar-refractivity contribution in [1.82, 2.24) is 4.98 Å². The van der Waals surface area contributed by atoms with E-state index in [-0.39, 0.29) is 29.4 Å². The minimum absolute atomic E-state index is 0.118. The van der Waals surface area contributed by atoms with Gasteiger partial charge in [-0.3, -0.25) is 14.9 Å². The number of hydrogen-bond acceptors (Lipinski definition) is 7. The normalized spacial score (nSPS) is 10.4. The number of nitrogens with zero attached hydrogens (tertiary/aromatic N) is 2. The average Bonchev–Trinajstić information content (AvgIpc) is 3.25. The Balaban J connectivity index is 1.87. The second-order valence-corrected chi connectivity index (χ2v) is 6.77. The molecule has 0 atom stereocenters. The van der Waals surface area contributed by atoms with Crippen LogP contribution in [0.5, 0.6) is 11.5 Å². The van der Waals surface area contributed by atoms with Crippen molar-refractivity contribution in [3.63, 3.8) is 0 Å². The van der Waals surface area contributed by atoms with Gasteiger partial charge in [-0.25, -0.2) is 4.98 Å². The molecule has 3 rings (SSSR count). The molecule has 0 saturated heterocycles. The number of amides is 1. The van der Waals surface area contributed by atoms with Crippen LogP contribution in [0.4, 0.5) is 11.4 Å². The van der Waals surface area contributed by atoms with Gasteiger partial charge in [-0.15, -0.1) is 11.3 Å². The lowest BCUT2D eigenvalue weighted by atomic mass is 10.1. The fourth-order valence-electron chi connectivity index (χ4n) is 2.64. The van der Waals surface area contributed by atoms with Gasteiger partial charge in [-0.05, 0) is 24.1 Å². The van der Waals surface area contributed by atoms with Crippen molar-refractivity contribution in [3.05, 3.63) is 74.2 Å². The van der Waals surface area contributed by atoms with Gasteiger partial charge in [0, 0.05) is 17.1 Å². The quantitative estimate of drug-likeness (QED) is 0.432. The number of carbonyl (C=O) groups is 1. The summed E-state index contributed by atoms with van der Waals surface area (Å²) in [6.45, 7) is 2.16. The Labute approximate surface area is 171 Å². The number of aromatic nitrogens is 1. The predicted molar refractivity (Wildman–Crippen MR) is 110 cm³/mol. The fourth-order valence-corrected chi connectivity index (χ4v) is 3.18. The highest BCUT2D eigenvalue weighted by atomic mass is 32.1. The van der Waals surface area contributed by atoms with Crippen LogP contribution in [-0.4, -0.2) is 22.9 Å². The number of benzene rings is 2. The number of ether oxygens (including phenoxy) is 2. The van der Waals surface area contributed by atoms with Gasteiger partial charge in [0.1, 0.15) is 12.2 Å². The monoisotopic (exact) mass is 413 g/mol. The van der Waals surface area contributed by atoms with Gasteiger partial charge in [0.25, 0.3) is 11.6 Å². The first-order chi connectivity index (χ1) is 14.0. The van der Waals surface area contributed by atoms with Crippen LogP contribution in [0.2, 0.25) is 0 Å². The molecule has 1 aromatic heterocycles. The molecule has 1 heterocycles. The molecule has 0 aliphatic carbocycles. The molecule has 0 aliphatic rings. The van der Waals surface area contributed by atoms with Crippen LogP contribution in [0, 0.1) is 10.1 Å². The summed E-state index contributed by atoms with van der Waals surface area (Å²) >= 11 is 1.42. The van der Waals surface area contributed by atoms with E-state index in [1.54, 1.807) is 17.6 Å². The smallest absolute Gasteiger partial charge is 0.286 e. The third-order valence-electron chi connectivity index (χ3n) is 4.20. The molecule has 0 saturated carbocycles. The van der Waals surface area contributed by atoms with E-state index in [0.29, 0.717) is 11.4 Å². The minimum atomic E-state index is -0.621. The standard InChI is InChI=1S/C20H19N3O5S/c1-3-13-4-6-14(7-5-13)22-20(24)16-8-18(27-2)19(9-17(16)23(25)26)28-10-15-11-29-12-21-15/h4-9,11-12H,3,10H2,1-2H3,(H,22,24). The molecular formula is C20H19N3O5S. The highest BCUT2D eigenvalue weighted by Gasteiger charge is 2.25. The SMILES string of the molecule is CCc1ccc(NC(=O)c2cc(OC)c(OCc3cscn3)cc2[N+](=O)[O-])cc1. The predicted octanol–water partition coefficient (Wildman–Crippen LogP) is 4.45. The molecular weight excluding hydrogens is 394 g/mol. The fraction of sp³-hybridized carbons (Fsp3) is 0.200. The Hall–Kier alpha value is -3.46. The summed E-state index contributed by atoms with van der Waals surface area (Å²) in [4.78, 5) is 27.7. The molecule has 1 amide bonds. The van der Waals surface area contributed by atoms with Gasteiger partial charge in [-0.1, -0.05) is 19.1 Å². The molecule has 3 aromatic rings. The molecule has 0 radical (unpaired) electrons. The van der Waals surface area contributed by atoms with Crippen molar-refractivity contribution >= 4 is 28.6 Å². The number of nitro benzene ring substituents is 1. The Kier molecular flexibility index (Phi) is 6.40. The third-order valence-corrected chi connectivity index (χ3v) is 4.84. The highest BCUT2D eigenvalue weighted by Crippen LogP contribution is 2.35. The number of methoxy groups -OCH3 is 1. The Bertz CT molecular complexity index is 1000. The minimum Gasteiger partial charge on any atom is -0.493 e. The van der Waals surface area contributed by atoms with Gasteiger partial charge in [-0.2, -0.15) is 0 Å². The second kappa shape index (κ2) is 9.16. The second-order valence-electron chi connectivity index (χ2n) is 6.05. The zero-order valence-electron chi connectivity index (χ0n) is 15.9. The maximum absolute atomic E-state index is 12.7. The number of hydrogen-bond donors (Lipinski definition) is 1. The molecule has 8 nitrogen and oxygen atoms in total. The molecule has 0 unspecified atom stereocenters. The van der Waals surface area contributed by atoms with Crippen molar-refractivity contribution in [2.45, 2.75) is 20.0 Å². The van der Waals surface area contributed by atoms with Crippen molar-refractivity contribution in [1.29, 1.82) is 0 Å². The van der Waals surface area contributed by atoms with E-state index < -0.39 is 10.8 Å². The van der Waals surface area contributed by atoms with Gasteiger partial charge in [0.05, 0.1) is 29.3 Å². The largest absolute Gasteiger partial charge is 0.493 e. The van der Waals surface area contributed by atoms with Gasteiger partial charge in [0.2, 0.25) is 0 Å². The van der Waals surface area contributed by atoms with E-state index in [1.165, 1.54) is 30.6 Å². The molecule has 1 N–H and O–H groups in total. The van der Waals surface area contributed by atoms with E-state index in [0.717, 1.165) is 12.0 Å². The zero-order chi connectivity index (χ0) is 20.8. The summed E-state index contributed by atoms with van der Waals surface area (Å²) in [7, 11) is 1.40. The summed E-state index contributed by atoms with van der Waals surface area (Å²) in [6, 6.07) is 9.79. The summed E-state index contributed by atoms with van der Waals surface area (Å²) in [5.41, 5.74) is 3.53. The first-order valence-corrected chi connectivity index (χ1v) is 9.72. The number of anilines is 1. The van der Waals surface area contributed by atoms with Crippen molar-refractivity contribution < 1.29 is 19.2 Å². The van der Waals surface area contributed by atoms with Crippen LogP contribution < -0.4 is 14.8 Å². The van der Waals surface area contributed by atoms with Crippen LogP contribution in [0.3, 0.4) is 0 Å². The van der Waals surface area contributed by atoms with E-state index in [2.05, 4.69) is 10.3 Å². The topological polar surface area (TPSA) is 104 Å². The summed E-state index contributed by atoms with van der Waals surface area (Å²) < 4.78 is 10.9. The molecule has 0 bridgehead atoms. The van der Waals surface area contributed by atoms with Crippen molar-refractivity contribution in [2.24, 2.45) is 0 Å². The molecule has 9 heteroatoms. The van der Waals surface area contributed by atoms with Crippen LogP contribution in [-0.2, 0) is 13.0 Å². The Morgan fingerprint density at radius 3 is 2.59 bits per heavy atom. The summed E-state index contributed by atoms with van der Waals surface area (Å²) in [5, 5.41) is 16.1. The number of rotatable bonds is 8. The first kappa shape index (κ1) is 20.3. The average molecular weight is 413 g/mol. The van der Waals surface area contributed by atoms with Crippen molar-refractivity contribution in [2.75, 3.05) is 12.4 Å². The zero-order valence-corrected chi connectivity index (χ0v) is 16.7. The van der Waals surface area contributed by atoms with Gasteiger partial charge in [0.15, 0.2) is 11.5 Å². The van der Waals surface area contributed by atoms with Gasteiger partial charge < -0.3 is 14.8 Å². The van der Waals surface area contributed by atoms with Crippen LogP contribution in [0.1, 0.15) is 28.5 Å². The van der Waals surface area contributed by atoms with Crippen LogP contribution in [0.15, 0.2) is 47.3 Å². The number of carbonyl (C=O) groups excluding carboxylic acids is 1. The molecule has 0 aliphatic heterocycles. The molecule has 29 heavy (non-hydrogen) atoms. The summed E-state index contributed by atoms with van der Waals surface area (Å²) in [5.74, 6) is -0.223. The number of nitro groups is 1. The number of nitrogens with one attached hydrogen (secondary N) is 1. The van der Waals surface area contributed by atoms with E-state index in [4.69, 9.17) is 9.47 Å². The maximum Gasteiger partial charge on any atom is 0.286 e. The molecule has 2 aromatic carbocycles. The van der Waals surface area contributed by atoms with Crippen LogP contribution in [0.25, 0.3) is 0 Å². The van der Waals surface area contributed by atoms with Crippen LogP contribution >= 0.6 is 11.3 Å². The molecule has 0 fully saturated rings. The Morgan fingerprint density at radius 2 is 2.00 bits per heavy atom. The van der Waals surface area contributed by atoms with Gasteiger partial charge >= 0.3 is 0 Å². The van der Waals surface area contributed by atoms with E-state index >= 15 is 0 Å². The number of aryl methyl sites for hydroxylation is 1. The lowest BCUT2D eigenvalue weighted by Gasteiger charge is -2.12. The lowest BCUT2D eigenvalue weighted by molar-refractivity contribution is -0.385.